The van der Waals surface area contributed by atoms with Crippen LogP contribution in [0.3, 0.4) is 0 Å². The van der Waals surface area contributed by atoms with Crippen molar-refractivity contribution in [2.75, 3.05) is 31.8 Å². The van der Waals surface area contributed by atoms with E-state index in [0.717, 1.165) is 11.3 Å². The van der Waals surface area contributed by atoms with E-state index in [1.165, 1.54) is 6.26 Å². The molecule has 0 fully saturated rings. The molecule has 0 unspecified atom stereocenters. The summed E-state index contributed by atoms with van der Waals surface area (Å²) in [5.74, 6) is 0. The summed E-state index contributed by atoms with van der Waals surface area (Å²) in [7, 11) is 0.960. The predicted molar refractivity (Wildman–Crippen MR) is 81.4 cm³/mol. The molecule has 1 rings (SSSR count). The molecule has 0 spiro atoms. The highest BCUT2D eigenvalue weighted by atomic mass is 32.2. The Morgan fingerprint density at radius 3 is 2.11 bits per heavy atom. The monoisotopic (exact) mass is 284 g/mol. The Kier molecular flexibility index (Phi) is 4.98. The molecule has 5 heteroatoms. The number of nitrogens with zero attached hydrogens (tertiary/aromatic N) is 1. The Morgan fingerprint density at radius 2 is 1.68 bits per heavy atom. The minimum atomic E-state index is -3.04. The maximum Gasteiger partial charge on any atom is 0.153 e. The Hall–Kier alpha value is -1.07. The SMILES string of the molecule is CN(C)c1ccc(CNCC(C)(C)S(C)(=O)=O)cc1. The van der Waals surface area contributed by atoms with Crippen LogP contribution >= 0.6 is 0 Å². The van der Waals surface area contributed by atoms with Crippen molar-refractivity contribution in [2.24, 2.45) is 0 Å². The number of hydrogen-bond acceptors (Lipinski definition) is 4. The third-order valence-electron chi connectivity index (χ3n) is 3.34. The van der Waals surface area contributed by atoms with Crippen LogP contribution < -0.4 is 10.2 Å². The van der Waals surface area contributed by atoms with Gasteiger partial charge in [0.05, 0.1) is 4.75 Å². The summed E-state index contributed by atoms with van der Waals surface area (Å²) < 4.78 is 22.4. The van der Waals surface area contributed by atoms with Gasteiger partial charge in [-0.1, -0.05) is 12.1 Å². The number of sulfone groups is 1. The predicted octanol–water partition coefficient (Wildman–Crippen LogP) is 1.67. The van der Waals surface area contributed by atoms with Crippen LogP contribution in [0.15, 0.2) is 24.3 Å². The molecular weight excluding hydrogens is 260 g/mol. The first kappa shape index (κ1) is 16.0. The normalized spacial score (nSPS) is 12.5. The second-order valence-electron chi connectivity index (χ2n) is 5.70. The number of nitrogens with one attached hydrogen (secondary N) is 1. The van der Waals surface area contributed by atoms with Crippen LogP contribution in [0, 0.1) is 0 Å². The van der Waals surface area contributed by atoms with Gasteiger partial charge in [0.25, 0.3) is 0 Å². The van der Waals surface area contributed by atoms with E-state index in [1.54, 1.807) is 13.8 Å². The number of benzene rings is 1. The van der Waals surface area contributed by atoms with Crippen molar-refractivity contribution in [2.45, 2.75) is 25.1 Å². The standard InChI is InChI=1S/C14H24N2O2S/c1-14(2,19(5,17)18)11-15-10-12-6-8-13(9-7-12)16(3)4/h6-9,15H,10-11H2,1-5H3. The van der Waals surface area contributed by atoms with Gasteiger partial charge in [-0.2, -0.15) is 0 Å². The largest absolute Gasteiger partial charge is 0.378 e. The van der Waals surface area contributed by atoms with Crippen molar-refractivity contribution in [3.8, 4) is 0 Å². The molecule has 1 aromatic rings. The minimum absolute atomic E-state index is 0.446. The van der Waals surface area contributed by atoms with Crippen molar-refractivity contribution in [3.05, 3.63) is 29.8 Å². The van der Waals surface area contributed by atoms with Crippen LogP contribution in [-0.4, -0.2) is 40.1 Å². The van der Waals surface area contributed by atoms with E-state index < -0.39 is 14.6 Å². The minimum Gasteiger partial charge on any atom is -0.378 e. The molecule has 0 saturated carbocycles. The van der Waals surface area contributed by atoms with E-state index in [1.807, 2.05) is 19.0 Å². The Bertz CT molecular complexity index is 505. The zero-order chi connectivity index (χ0) is 14.7. The van der Waals surface area contributed by atoms with Gasteiger partial charge in [0.1, 0.15) is 0 Å². The van der Waals surface area contributed by atoms with Crippen molar-refractivity contribution >= 4 is 15.5 Å². The number of rotatable bonds is 6. The van der Waals surface area contributed by atoms with Crippen LogP contribution in [0.25, 0.3) is 0 Å². The average Bonchev–Trinajstić information content (AvgIpc) is 2.28. The number of hydrogen-bond donors (Lipinski definition) is 1. The van der Waals surface area contributed by atoms with Gasteiger partial charge in [0, 0.05) is 39.1 Å². The van der Waals surface area contributed by atoms with Gasteiger partial charge in [-0.15, -0.1) is 0 Å². The molecule has 0 aliphatic carbocycles. The highest BCUT2D eigenvalue weighted by molar-refractivity contribution is 7.92. The van der Waals surface area contributed by atoms with Gasteiger partial charge in [0.2, 0.25) is 0 Å². The molecule has 0 heterocycles. The zero-order valence-corrected chi connectivity index (χ0v) is 13.2. The van der Waals surface area contributed by atoms with E-state index >= 15 is 0 Å². The van der Waals surface area contributed by atoms with Gasteiger partial charge in [-0.3, -0.25) is 0 Å². The maximum atomic E-state index is 11.6. The highest BCUT2D eigenvalue weighted by Crippen LogP contribution is 2.15. The van der Waals surface area contributed by atoms with Gasteiger partial charge >= 0.3 is 0 Å². The average molecular weight is 284 g/mol. The first-order valence-corrected chi connectivity index (χ1v) is 8.19. The molecule has 0 radical (unpaired) electrons. The summed E-state index contributed by atoms with van der Waals surface area (Å²) in [5.41, 5.74) is 2.30. The lowest BCUT2D eigenvalue weighted by Crippen LogP contribution is -2.41. The van der Waals surface area contributed by atoms with Gasteiger partial charge in [0.15, 0.2) is 9.84 Å². The lowest BCUT2D eigenvalue weighted by atomic mass is 10.1. The molecule has 1 N–H and O–H groups in total. The van der Waals surface area contributed by atoms with Gasteiger partial charge < -0.3 is 10.2 Å². The lowest BCUT2D eigenvalue weighted by molar-refractivity contribution is 0.521. The zero-order valence-electron chi connectivity index (χ0n) is 12.4. The fraction of sp³-hybridized carbons (Fsp3) is 0.571. The van der Waals surface area contributed by atoms with Crippen LogP contribution in [0.1, 0.15) is 19.4 Å². The summed E-state index contributed by atoms with van der Waals surface area (Å²) in [6.45, 7) is 4.60. The molecule has 0 saturated heterocycles. The van der Waals surface area contributed by atoms with E-state index in [4.69, 9.17) is 0 Å². The first-order chi connectivity index (χ1) is 8.63. The second-order valence-corrected chi connectivity index (χ2v) is 8.35. The third-order valence-corrected chi connectivity index (χ3v) is 5.49. The van der Waals surface area contributed by atoms with Crippen LogP contribution in [0.2, 0.25) is 0 Å². The van der Waals surface area contributed by atoms with Crippen LogP contribution in [0.5, 0.6) is 0 Å². The van der Waals surface area contributed by atoms with E-state index in [-0.39, 0.29) is 0 Å². The summed E-state index contributed by atoms with van der Waals surface area (Å²) in [5, 5.41) is 3.20. The lowest BCUT2D eigenvalue weighted by Gasteiger charge is -2.23. The molecule has 108 valence electrons. The molecule has 0 aliphatic heterocycles. The smallest absolute Gasteiger partial charge is 0.153 e. The van der Waals surface area contributed by atoms with Crippen molar-refractivity contribution in [1.82, 2.24) is 5.32 Å². The summed E-state index contributed by atoms with van der Waals surface area (Å²) in [6, 6.07) is 8.21. The van der Waals surface area contributed by atoms with Gasteiger partial charge in [-0.25, -0.2) is 8.42 Å². The summed E-state index contributed by atoms with van der Waals surface area (Å²) in [6.07, 6.45) is 1.28. The van der Waals surface area contributed by atoms with Gasteiger partial charge in [-0.05, 0) is 31.5 Å². The molecule has 0 amide bonds. The van der Waals surface area contributed by atoms with Crippen LogP contribution in [0.4, 0.5) is 5.69 Å². The van der Waals surface area contributed by atoms with E-state index in [9.17, 15) is 8.42 Å². The molecule has 4 nitrogen and oxygen atoms in total. The molecular formula is C14H24N2O2S. The van der Waals surface area contributed by atoms with Crippen molar-refractivity contribution in [3.63, 3.8) is 0 Å². The molecule has 0 aromatic heterocycles. The van der Waals surface area contributed by atoms with Crippen molar-refractivity contribution < 1.29 is 8.42 Å². The molecule has 1 aromatic carbocycles. The molecule has 0 bridgehead atoms. The summed E-state index contributed by atoms with van der Waals surface area (Å²) in [4.78, 5) is 2.05. The maximum absolute atomic E-state index is 11.6. The Labute approximate surface area is 116 Å². The Balaban J connectivity index is 2.54. The molecule has 19 heavy (non-hydrogen) atoms. The molecule has 0 aliphatic rings. The first-order valence-electron chi connectivity index (χ1n) is 6.30. The van der Waals surface area contributed by atoms with E-state index in [2.05, 4.69) is 29.6 Å². The fourth-order valence-electron chi connectivity index (χ4n) is 1.55. The summed E-state index contributed by atoms with van der Waals surface area (Å²) >= 11 is 0. The topological polar surface area (TPSA) is 49.4 Å². The van der Waals surface area contributed by atoms with Crippen molar-refractivity contribution in [1.29, 1.82) is 0 Å². The second kappa shape index (κ2) is 5.92. The third kappa shape index (κ3) is 4.51. The van der Waals surface area contributed by atoms with Crippen LogP contribution in [-0.2, 0) is 16.4 Å². The highest BCUT2D eigenvalue weighted by Gasteiger charge is 2.29. The molecule has 0 atom stereocenters. The quantitative estimate of drug-likeness (QED) is 0.863. The Morgan fingerprint density at radius 1 is 1.16 bits per heavy atom. The van der Waals surface area contributed by atoms with E-state index in [0.29, 0.717) is 13.1 Å². The fourth-order valence-corrected chi connectivity index (χ4v) is 1.92. The number of anilines is 1.